The highest BCUT2D eigenvalue weighted by Gasteiger charge is 2.21. The number of nitrogens with two attached hydrogens (primary N) is 1. The minimum Gasteiger partial charge on any atom is -0.345 e. The highest BCUT2D eigenvalue weighted by molar-refractivity contribution is 6.30. The summed E-state index contributed by atoms with van der Waals surface area (Å²) in [4.78, 5) is 25.7. The fourth-order valence-electron chi connectivity index (χ4n) is 1.99. The summed E-state index contributed by atoms with van der Waals surface area (Å²) in [6.07, 6.45) is 0.409. The number of halogens is 2. The third-order valence-electron chi connectivity index (χ3n) is 3.38. The van der Waals surface area contributed by atoms with Crippen LogP contribution >= 0.6 is 24.0 Å². The van der Waals surface area contributed by atoms with Crippen LogP contribution in [-0.2, 0) is 4.79 Å². The van der Waals surface area contributed by atoms with Crippen molar-refractivity contribution in [3.05, 3.63) is 34.9 Å². The summed E-state index contributed by atoms with van der Waals surface area (Å²) >= 11 is 5.78. The zero-order valence-electron chi connectivity index (χ0n) is 13.3. The highest BCUT2D eigenvalue weighted by atomic mass is 35.5. The van der Waals surface area contributed by atoms with Gasteiger partial charge in [-0.2, -0.15) is 0 Å². The topological polar surface area (TPSA) is 63.4 Å². The number of benzene rings is 1. The Morgan fingerprint density at radius 1 is 1.18 bits per heavy atom. The number of nitrogens with zero attached hydrogens (tertiary/aromatic N) is 1. The fraction of sp³-hybridized carbons (Fsp3) is 0.500. The Morgan fingerprint density at radius 3 is 2.23 bits per heavy atom. The molecule has 0 saturated carbocycles. The molecule has 0 aliphatic rings. The van der Waals surface area contributed by atoms with Gasteiger partial charge in [0.2, 0.25) is 5.91 Å². The summed E-state index contributed by atoms with van der Waals surface area (Å²) in [5, 5.41) is 0.589. The first-order chi connectivity index (χ1) is 9.75. The van der Waals surface area contributed by atoms with Crippen molar-refractivity contribution in [1.82, 2.24) is 4.90 Å². The van der Waals surface area contributed by atoms with E-state index in [0.29, 0.717) is 23.7 Å². The van der Waals surface area contributed by atoms with Gasteiger partial charge in [0.15, 0.2) is 5.78 Å². The summed E-state index contributed by atoms with van der Waals surface area (Å²) in [6.45, 7) is 5.11. The Balaban J connectivity index is 0.00000441. The van der Waals surface area contributed by atoms with Gasteiger partial charge < -0.3 is 10.6 Å². The molecule has 0 bridgehead atoms. The van der Waals surface area contributed by atoms with Gasteiger partial charge in [0, 0.05) is 37.0 Å². The largest absolute Gasteiger partial charge is 0.345 e. The lowest BCUT2D eigenvalue weighted by Crippen LogP contribution is -2.39. The van der Waals surface area contributed by atoms with E-state index in [1.54, 1.807) is 36.2 Å². The molecule has 4 nitrogen and oxygen atoms in total. The van der Waals surface area contributed by atoms with Crippen LogP contribution in [0.4, 0.5) is 0 Å². The smallest absolute Gasteiger partial charge is 0.222 e. The van der Waals surface area contributed by atoms with Crippen molar-refractivity contribution in [2.24, 2.45) is 11.1 Å². The van der Waals surface area contributed by atoms with Crippen LogP contribution in [0.3, 0.4) is 0 Å². The van der Waals surface area contributed by atoms with Crippen molar-refractivity contribution in [2.45, 2.75) is 26.7 Å². The van der Waals surface area contributed by atoms with Crippen LogP contribution in [0.15, 0.2) is 24.3 Å². The van der Waals surface area contributed by atoms with Gasteiger partial charge in [0.05, 0.1) is 0 Å². The molecule has 0 unspecified atom stereocenters. The van der Waals surface area contributed by atoms with Crippen molar-refractivity contribution in [1.29, 1.82) is 0 Å². The zero-order valence-corrected chi connectivity index (χ0v) is 14.8. The number of hydrogen-bond donors (Lipinski definition) is 1. The van der Waals surface area contributed by atoms with Crippen molar-refractivity contribution < 1.29 is 9.59 Å². The van der Waals surface area contributed by atoms with E-state index < -0.39 is 0 Å². The van der Waals surface area contributed by atoms with Gasteiger partial charge in [-0.25, -0.2) is 0 Å². The Kier molecular flexibility index (Phi) is 8.68. The molecule has 0 atom stereocenters. The van der Waals surface area contributed by atoms with Crippen molar-refractivity contribution in [2.75, 3.05) is 20.1 Å². The molecule has 0 heterocycles. The molecule has 0 aromatic heterocycles. The summed E-state index contributed by atoms with van der Waals surface area (Å²) in [7, 11) is 1.74. The zero-order chi connectivity index (χ0) is 16.0. The second-order valence-electron chi connectivity index (χ2n) is 6.05. The molecule has 1 aromatic carbocycles. The molecule has 0 aliphatic carbocycles. The van der Waals surface area contributed by atoms with E-state index in [-0.39, 0.29) is 42.4 Å². The number of rotatable bonds is 7. The van der Waals surface area contributed by atoms with E-state index in [4.69, 9.17) is 17.3 Å². The lowest BCUT2D eigenvalue weighted by Gasteiger charge is -2.29. The molecular formula is C16H24Cl2N2O2. The van der Waals surface area contributed by atoms with E-state index in [1.165, 1.54) is 0 Å². The average molecular weight is 347 g/mol. The van der Waals surface area contributed by atoms with E-state index in [2.05, 4.69) is 0 Å². The second-order valence-corrected chi connectivity index (χ2v) is 6.48. The van der Waals surface area contributed by atoms with Crippen molar-refractivity contribution in [3.63, 3.8) is 0 Å². The summed E-state index contributed by atoms with van der Waals surface area (Å²) in [5.41, 5.74) is 6.12. The predicted molar refractivity (Wildman–Crippen MR) is 92.7 cm³/mol. The molecule has 0 fully saturated rings. The maximum absolute atomic E-state index is 12.0. The molecule has 6 heteroatoms. The number of carbonyl (C=O) groups excluding carboxylic acids is 2. The lowest BCUT2D eigenvalue weighted by molar-refractivity contribution is -0.131. The van der Waals surface area contributed by atoms with Crippen LogP contribution in [0, 0.1) is 5.41 Å². The Morgan fingerprint density at radius 2 is 1.73 bits per heavy atom. The van der Waals surface area contributed by atoms with Crippen molar-refractivity contribution >= 4 is 35.7 Å². The first-order valence-electron chi connectivity index (χ1n) is 6.98. The van der Waals surface area contributed by atoms with Crippen LogP contribution in [0.5, 0.6) is 0 Å². The molecule has 22 heavy (non-hydrogen) atoms. The number of ketones is 1. The Hall–Kier alpha value is -1.10. The van der Waals surface area contributed by atoms with Crippen LogP contribution in [0.1, 0.15) is 37.0 Å². The van der Waals surface area contributed by atoms with Crippen LogP contribution in [0.25, 0.3) is 0 Å². The SMILES string of the molecule is CN(CC(C)(C)CN)C(=O)CCC(=O)c1ccc(Cl)cc1.Cl. The molecule has 0 saturated heterocycles. The van der Waals surface area contributed by atoms with Crippen LogP contribution < -0.4 is 5.73 Å². The minimum atomic E-state index is -0.120. The van der Waals surface area contributed by atoms with E-state index in [9.17, 15) is 9.59 Å². The van der Waals surface area contributed by atoms with Gasteiger partial charge in [-0.3, -0.25) is 9.59 Å². The van der Waals surface area contributed by atoms with Gasteiger partial charge >= 0.3 is 0 Å². The maximum atomic E-state index is 12.0. The monoisotopic (exact) mass is 346 g/mol. The Labute approximate surface area is 143 Å². The normalized spacial score (nSPS) is 10.8. The third-order valence-corrected chi connectivity index (χ3v) is 3.63. The van der Waals surface area contributed by atoms with Gasteiger partial charge in [-0.1, -0.05) is 25.4 Å². The third kappa shape index (κ3) is 6.77. The number of Topliss-reactive ketones (excluding diaryl/α,β-unsaturated/α-hetero) is 1. The molecule has 2 N–H and O–H groups in total. The van der Waals surface area contributed by atoms with Gasteiger partial charge in [0.25, 0.3) is 0 Å². The lowest BCUT2D eigenvalue weighted by atomic mass is 9.93. The molecule has 1 rings (SSSR count). The highest BCUT2D eigenvalue weighted by Crippen LogP contribution is 2.16. The van der Waals surface area contributed by atoms with Crippen LogP contribution in [0.2, 0.25) is 5.02 Å². The van der Waals surface area contributed by atoms with Crippen LogP contribution in [-0.4, -0.2) is 36.7 Å². The molecule has 1 amide bonds. The predicted octanol–water partition coefficient (Wildman–Crippen LogP) is 3.17. The van der Waals surface area contributed by atoms with Crippen molar-refractivity contribution in [3.8, 4) is 0 Å². The van der Waals surface area contributed by atoms with Gasteiger partial charge in [-0.15, -0.1) is 12.4 Å². The summed E-state index contributed by atoms with van der Waals surface area (Å²) in [5.74, 6) is -0.0923. The maximum Gasteiger partial charge on any atom is 0.222 e. The fourth-order valence-corrected chi connectivity index (χ4v) is 2.11. The molecular weight excluding hydrogens is 323 g/mol. The number of hydrogen-bond acceptors (Lipinski definition) is 3. The standard InChI is InChI=1S/C16H23ClN2O2.ClH/c1-16(2,10-18)11-19(3)15(21)9-8-14(20)12-4-6-13(17)7-5-12;/h4-7H,8-11,18H2,1-3H3;1H. The second kappa shape index (κ2) is 9.13. The number of amides is 1. The summed E-state index contributed by atoms with van der Waals surface area (Å²) < 4.78 is 0. The Bertz CT molecular complexity index is 501. The molecule has 1 aromatic rings. The average Bonchev–Trinajstić information content (AvgIpc) is 2.44. The number of carbonyl (C=O) groups is 2. The molecule has 124 valence electrons. The van der Waals surface area contributed by atoms with E-state index >= 15 is 0 Å². The van der Waals surface area contributed by atoms with Gasteiger partial charge in [0.1, 0.15) is 0 Å². The van der Waals surface area contributed by atoms with E-state index in [1.807, 2.05) is 13.8 Å². The molecule has 0 aliphatic heterocycles. The van der Waals surface area contributed by atoms with Gasteiger partial charge in [-0.05, 0) is 36.2 Å². The molecule has 0 radical (unpaired) electrons. The summed E-state index contributed by atoms with van der Waals surface area (Å²) in [6, 6.07) is 6.70. The van der Waals surface area contributed by atoms with E-state index in [0.717, 1.165) is 0 Å². The molecule has 0 spiro atoms. The quantitative estimate of drug-likeness (QED) is 0.771. The first kappa shape index (κ1) is 20.9. The first-order valence-corrected chi connectivity index (χ1v) is 7.36. The minimum absolute atomic E-state index is 0.